The van der Waals surface area contributed by atoms with Crippen molar-refractivity contribution in [1.29, 1.82) is 0 Å². The van der Waals surface area contributed by atoms with Crippen LogP contribution in [-0.4, -0.2) is 49.6 Å². The van der Waals surface area contributed by atoms with E-state index < -0.39 is 0 Å². The van der Waals surface area contributed by atoms with Gasteiger partial charge in [0.05, 0.1) is 0 Å². The van der Waals surface area contributed by atoms with Gasteiger partial charge in [0.1, 0.15) is 0 Å². The fourth-order valence-corrected chi connectivity index (χ4v) is 3.89. The van der Waals surface area contributed by atoms with E-state index in [1.54, 1.807) is 0 Å². The Morgan fingerprint density at radius 1 is 1.04 bits per heavy atom. The maximum Gasteiger partial charge on any atom is 0.191 e. The van der Waals surface area contributed by atoms with Crippen molar-refractivity contribution in [1.82, 2.24) is 15.5 Å². The number of thioether (sulfide) groups is 1. The molecular weight excluding hydrogens is 467 g/mol. The Kier molecular flexibility index (Phi) is 14.1. The molecule has 0 spiro atoms. The average molecular weight is 505 g/mol. The van der Waals surface area contributed by atoms with Crippen molar-refractivity contribution >= 4 is 41.7 Å². The van der Waals surface area contributed by atoms with Crippen molar-refractivity contribution in [2.45, 2.75) is 51.6 Å². The Hall–Kier alpha value is -0.470. The highest BCUT2D eigenvalue weighted by atomic mass is 127. The summed E-state index contributed by atoms with van der Waals surface area (Å²) in [6.07, 6.45) is 10.1. The number of nitrogens with zero attached hydrogens (tertiary/aromatic N) is 2. The van der Waals surface area contributed by atoms with Crippen LogP contribution < -0.4 is 10.6 Å². The predicted molar refractivity (Wildman–Crippen MR) is 131 cm³/mol. The molecule has 1 heterocycles. The molecule has 27 heavy (non-hydrogen) atoms. The summed E-state index contributed by atoms with van der Waals surface area (Å²) in [7, 11) is 1.85. The van der Waals surface area contributed by atoms with Crippen LogP contribution in [-0.2, 0) is 13.1 Å². The molecule has 0 radical (unpaired) electrons. The number of unbranched alkanes of at least 4 members (excludes halogenated alkanes) is 1. The first-order chi connectivity index (χ1) is 12.8. The zero-order chi connectivity index (χ0) is 18.5. The third-order valence-electron chi connectivity index (χ3n) is 4.95. The summed E-state index contributed by atoms with van der Waals surface area (Å²) in [5.41, 5.74) is 2.82. The molecule has 0 aliphatic carbocycles. The molecule has 4 nitrogen and oxygen atoms in total. The van der Waals surface area contributed by atoms with Gasteiger partial charge < -0.3 is 10.6 Å². The Balaban J connectivity index is 0.00000364. The number of aliphatic imine (C=N–C) groups is 1. The van der Waals surface area contributed by atoms with E-state index in [0.717, 1.165) is 25.6 Å². The molecule has 0 aromatic heterocycles. The zero-order valence-corrected chi connectivity index (χ0v) is 20.2. The summed E-state index contributed by atoms with van der Waals surface area (Å²) >= 11 is 1.91. The molecule has 1 aliphatic rings. The largest absolute Gasteiger partial charge is 0.356 e. The molecule has 0 bridgehead atoms. The Morgan fingerprint density at radius 3 is 2.41 bits per heavy atom. The standard InChI is InChI=1S/C21H36N4S.HI/c1-22-21(23-13-7-10-16-26-2)24-17-19-11-5-6-12-20(19)18-25-14-8-3-4-9-15-25;/h5-6,11-12H,3-4,7-10,13-18H2,1-2H3,(H2,22,23,24);1H. The lowest BCUT2D eigenvalue weighted by Crippen LogP contribution is -2.37. The summed E-state index contributed by atoms with van der Waals surface area (Å²) in [4.78, 5) is 6.97. The van der Waals surface area contributed by atoms with Crippen LogP contribution in [0.25, 0.3) is 0 Å². The van der Waals surface area contributed by atoms with Gasteiger partial charge in [0.2, 0.25) is 0 Å². The molecule has 1 fully saturated rings. The van der Waals surface area contributed by atoms with Crippen LogP contribution in [0.1, 0.15) is 49.7 Å². The fraction of sp³-hybridized carbons (Fsp3) is 0.667. The quantitative estimate of drug-likeness (QED) is 0.225. The van der Waals surface area contributed by atoms with Gasteiger partial charge >= 0.3 is 0 Å². The lowest BCUT2D eigenvalue weighted by Gasteiger charge is -2.22. The first kappa shape index (κ1) is 24.6. The van der Waals surface area contributed by atoms with Crippen molar-refractivity contribution in [3.8, 4) is 0 Å². The molecule has 1 saturated heterocycles. The number of halogens is 1. The smallest absolute Gasteiger partial charge is 0.191 e. The average Bonchev–Trinajstić information content (AvgIpc) is 2.94. The lowest BCUT2D eigenvalue weighted by atomic mass is 10.1. The van der Waals surface area contributed by atoms with E-state index in [1.165, 1.54) is 68.5 Å². The Morgan fingerprint density at radius 2 is 1.74 bits per heavy atom. The highest BCUT2D eigenvalue weighted by Crippen LogP contribution is 2.16. The van der Waals surface area contributed by atoms with Crippen LogP contribution in [0.3, 0.4) is 0 Å². The maximum atomic E-state index is 4.36. The summed E-state index contributed by atoms with van der Waals surface area (Å²) in [6, 6.07) is 8.82. The predicted octanol–water partition coefficient (Wildman–Crippen LogP) is 4.49. The Labute approximate surface area is 187 Å². The van der Waals surface area contributed by atoms with E-state index in [0.29, 0.717) is 0 Å². The van der Waals surface area contributed by atoms with Gasteiger partial charge in [-0.2, -0.15) is 11.8 Å². The first-order valence-corrected chi connectivity index (χ1v) is 11.5. The van der Waals surface area contributed by atoms with Crippen molar-refractivity contribution in [3.05, 3.63) is 35.4 Å². The van der Waals surface area contributed by atoms with Gasteiger partial charge in [-0.05, 0) is 61.9 Å². The molecule has 0 unspecified atom stereocenters. The van der Waals surface area contributed by atoms with Crippen molar-refractivity contribution in [2.75, 3.05) is 38.7 Å². The third kappa shape index (κ3) is 10.0. The summed E-state index contributed by atoms with van der Waals surface area (Å²) < 4.78 is 0. The second kappa shape index (κ2) is 15.5. The highest BCUT2D eigenvalue weighted by molar-refractivity contribution is 14.0. The minimum atomic E-state index is 0. The van der Waals surface area contributed by atoms with Crippen molar-refractivity contribution in [2.24, 2.45) is 4.99 Å². The molecule has 1 aromatic rings. The van der Waals surface area contributed by atoms with Crippen LogP contribution in [0.4, 0.5) is 0 Å². The molecular formula is C21H37IN4S. The Bertz CT molecular complexity index is 531. The summed E-state index contributed by atoms with van der Waals surface area (Å²) in [5.74, 6) is 2.14. The highest BCUT2D eigenvalue weighted by Gasteiger charge is 2.11. The molecule has 0 amide bonds. The molecule has 0 atom stereocenters. The van der Waals surface area contributed by atoms with Crippen LogP contribution in [0, 0.1) is 0 Å². The number of hydrogen-bond donors (Lipinski definition) is 2. The fourth-order valence-electron chi connectivity index (χ4n) is 3.40. The third-order valence-corrected chi connectivity index (χ3v) is 5.65. The number of nitrogens with one attached hydrogen (secondary N) is 2. The normalized spacial score (nSPS) is 15.7. The lowest BCUT2D eigenvalue weighted by molar-refractivity contribution is 0.276. The van der Waals surface area contributed by atoms with E-state index >= 15 is 0 Å². The minimum Gasteiger partial charge on any atom is -0.356 e. The van der Waals surface area contributed by atoms with Crippen molar-refractivity contribution in [3.63, 3.8) is 0 Å². The molecule has 1 aliphatic heterocycles. The monoisotopic (exact) mass is 504 g/mol. The van der Waals surface area contributed by atoms with Crippen LogP contribution >= 0.6 is 35.7 Å². The number of benzene rings is 1. The van der Waals surface area contributed by atoms with Crippen LogP contribution in [0.15, 0.2) is 29.3 Å². The number of rotatable bonds is 9. The molecule has 1 aromatic carbocycles. The summed E-state index contributed by atoms with van der Waals surface area (Å²) in [5, 5.41) is 6.91. The van der Waals surface area contributed by atoms with E-state index in [4.69, 9.17) is 0 Å². The van der Waals surface area contributed by atoms with Gasteiger partial charge in [-0.3, -0.25) is 9.89 Å². The van der Waals surface area contributed by atoms with E-state index in [2.05, 4.69) is 51.0 Å². The molecule has 0 saturated carbocycles. The second-order valence-electron chi connectivity index (χ2n) is 7.01. The number of guanidine groups is 1. The van der Waals surface area contributed by atoms with Crippen molar-refractivity contribution < 1.29 is 0 Å². The van der Waals surface area contributed by atoms with Crippen LogP contribution in [0.2, 0.25) is 0 Å². The molecule has 154 valence electrons. The first-order valence-electron chi connectivity index (χ1n) is 10.1. The minimum absolute atomic E-state index is 0. The van der Waals surface area contributed by atoms with Gasteiger partial charge in [-0.25, -0.2) is 0 Å². The number of likely N-dealkylation sites (tertiary alicyclic amines) is 1. The van der Waals surface area contributed by atoms with Gasteiger partial charge in [0.15, 0.2) is 5.96 Å². The van der Waals surface area contributed by atoms with Gasteiger partial charge in [0, 0.05) is 26.7 Å². The van der Waals surface area contributed by atoms with Gasteiger partial charge in [-0.15, -0.1) is 24.0 Å². The van der Waals surface area contributed by atoms with Gasteiger partial charge in [-0.1, -0.05) is 37.1 Å². The molecule has 6 heteroatoms. The topological polar surface area (TPSA) is 39.7 Å². The van der Waals surface area contributed by atoms with E-state index in [-0.39, 0.29) is 24.0 Å². The second-order valence-corrected chi connectivity index (χ2v) is 8.00. The molecule has 2 N–H and O–H groups in total. The SMILES string of the molecule is CN=C(NCCCCSC)NCc1ccccc1CN1CCCCCC1.I. The maximum absolute atomic E-state index is 4.36. The zero-order valence-electron chi connectivity index (χ0n) is 17.0. The van der Waals surface area contributed by atoms with E-state index in [1.807, 2.05) is 18.8 Å². The number of hydrogen-bond acceptors (Lipinski definition) is 3. The molecule has 2 rings (SSSR count). The van der Waals surface area contributed by atoms with Gasteiger partial charge in [0.25, 0.3) is 0 Å². The van der Waals surface area contributed by atoms with E-state index in [9.17, 15) is 0 Å². The van der Waals surface area contributed by atoms with Crippen LogP contribution in [0.5, 0.6) is 0 Å². The summed E-state index contributed by atoms with van der Waals surface area (Å²) in [6.45, 7) is 5.35.